The van der Waals surface area contributed by atoms with Crippen molar-refractivity contribution in [1.82, 2.24) is 4.90 Å². The lowest BCUT2D eigenvalue weighted by Crippen LogP contribution is -2.32. The number of rotatable bonds is 2. The summed E-state index contributed by atoms with van der Waals surface area (Å²) >= 11 is 3.70. The molecule has 1 atom stereocenters. The van der Waals surface area contributed by atoms with Gasteiger partial charge in [0.2, 0.25) is 5.91 Å². The highest BCUT2D eigenvalue weighted by molar-refractivity contribution is 7.99. The van der Waals surface area contributed by atoms with Gasteiger partial charge in [-0.3, -0.25) is 4.79 Å². The van der Waals surface area contributed by atoms with Crippen molar-refractivity contribution in [2.75, 3.05) is 12.3 Å². The third-order valence-electron chi connectivity index (χ3n) is 2.90. The maximum atomic E-state index is 12.4. The molecule has 4 heteroatoms. The van der Waals surface area contributed by atoms with E-state index >= 15 is 0 Å². The van der Waals surface area contributed by atoms with Crippen LogP contribution < -0.4 is 0 Å². The fourth-order valence-electron chi connectivity index (χ4n) is 2.10. The van der Waals surface area contributed by atoms with Gasteiger partial charge in [-0.15, -0.1) is 23.1 Å². The summed E-state index contributed by atoms with van der Waals surface area (Å²) in [4.78, 5) is 17.1. The van der Waals surface area contributed by atoms with Crippen molar-refractivity contribution in [3.8, 4) is 0 Å². The standard InChI is InChI=1S/C14H21NOS2/c1-10-5-6-11(18-10)13-15(7-8-17-13)12(16)9-14(2,3)4/h5-6,13H,7-9H2,1-4H3/t13-/m0/s1. The number of carbonyl (C=O) groups is 1. The molecule has 1 aromatic rings. The number of carbonyl (C=O) groups excluding carboxylic acids is 1. The predicted molar refractivity (Wildman–Crippen MR) is 80.0 cm³/mol. The minimum atomic E-state index is 0.0697. The third kappa shape index (κ3) is 3.29. The van der Waals surface area contributed by atoms with Crippen molar-refractivity contribution in [3.05, 3.63) is 21.9 Å². The molecule has 1 aromatic heterocycles. The Morgan fingerprint density at radius 1 is 1.44 bits per heavy atom. The number of hydrogen-bond donors (Lipinski definition) is 0. The van der Waals surface area contributed by atoms with Crippen molar-refractivity contribution in [3.63, 3.8) is 0 Å². The Kier molecular flexibility index (Phi) is 4.07. The van der Waals surface area contributed by atoms with Crippen LogP contribution in [0.2, 0.25) is 0 Å². The van der Waals surface area contributed by atoms with Gasteiger partial charge >= 0.3 is 0 Å². The van der Waals surface area contributed by atoms with Gasteiger partial charge in [-0.25, -0.2) is 0 Å². The Morgan fingerprint density at radius 2 is 2.17 bits per heavy atom. The first-order chi connectivity index (χ1) is 8.37. The number of nitrogens with zero attached hydrogens (tertiary/aromatic N) is 1. The quantitative estimate of drug-likeness (QED) is 0.815. The third-order valence-corrected chi connectivity index (χ3v) is 5.34. The van der Waals surface area contributed by atoms with Crippen molar-refractivity contribution >= 4 is 29.0 Å². The molecule has 0 aliphatic carbocycles. The van der Waals surface area contributed by atoms with E-state index in [4.69, 9.17) is 0 Å². The topological polar surface area (TPSA) is 20.3 Å². The Hall–Kier alpha value is -0.480. The molecular formula is C14H21NOS2. The van der Waals surface area contributed by atoms with Crippen LogP contribution in [0, 0.1) is 12.3 Å². The number of amides is 1. The summed E-state index contributed by atoms with van der Waals surface area (Å²) in [7, 11) is 0. The van der Waals surface area contributed by atoms with E-state index in [1.807, 2.05) is 23.1 Å². The molecule has 0 aromatic carbocycles. The maximum absolute atomic E-state index is 12.4. The molecule has 18 heavy (non-hydrogen) atoms. The first-order valence-corrected chi connectivity index (χ1v) is 8.21. The summed E-state index contributed by atoms with van der Waals surface area (Å²) in [6, 6.07) is 4.31. The SMILES string of the molecule is Cc1ccc([C@@H]2SCCN2C(=O)CC(C)(C)C)s1. The number of thiophene rings is 1. The zero-order valence-electron chi connectivity index (χ0n) is 11.5. The molecule has 0 N–H and O–H groups in total. The summed E-state index contributed by atoms with van der Waals surface area (Å²) in [6.45, 7) is 9.38. The molecule has 2 rings (SSSR count). The van der Waals surface area contributed by atoms with Gasteiger partial charge in [-0.05, 0) is 24.5 Å². The van der Waals surface area contributed by atoms with Gasteiger partial charge in [0.05, 0.1) is 0 Å². The van der Waals surface area contributed by atoms with Crippen LogP contribution in [0.5, 0.6) is 0 Å². The van der Waals surface area contributed by atoms with Gasteiger partial charge in [-0.2, -0.15) is 0 Å². The summed E-state index contributed by atoms with van der Waals surface area (Å²) in [5.41, 5.74) is 0.0697. The van der Waals surface area contributed by atoms with E-state index < -0.39 is 0 Å². The van der Waals surface area contributed by atoms with Gasteiger partial charge in [-0.1, -0.05) is 20.8 Å². The molecule has 1 aliphatic heterocycles. The van der Waals surface area contributed by atoms with E-state index in [1.165, 1.54) is 9.75 Å². The molecule has 0 radical (unpaired) electrons. The van der Waals surface area contributed by atoms with Crippen LogP contribution in [0.4, 0.5) is 0 Å². The molecule has 1 saturated heterocycles. The molecule has 2 heterocycles. The fourth-order valence-corrected chi connectivity index (χ4v) is 4.49. The van der Waals surface area contributed by atoms with Gasteiger partial charge in [0.25, 0.3) is 0 Å². The van der Waals surface area contributed by atoms with E-state index in [0.29, 0.717) is 12.3 Å². The van der Waals surface area contributed by atoms with Gasteiger partial charge in [0, 0.05) is 28.5 Å². The Balaban J connectivity index is 2.10. The largest absolute Gasteiger partial charge is 0.325 e. The van der Waals surface area contributed by atoms with Crippen molar-refractivity contribution in [2.45, 2.75) is 39.5 Å². The fraction of sp³-hybridized carbons (Fsp3) is 0.643. The normalized spacial score (nSPS) is 20.4. The maximum Gasteiger partial charge on any atom is 0.224 e. The summed E-state index contributed by atoms with van der Waals surface area (Å²) in [6.07, 6.45) is 0.633. The average molecular weight is 283 g/mol. The van der Waals surface area contributed by atoms with E-state index in [0.717, 1.165) is 12.3 Å². The molecule has 0 saturated carbocycles. The van der Waals surface area contributed by atoms with Crippen LogP contribution in [-0.4, -0.2) is 23.1 Å². The summed E-state index contributed by atoms with van der Waals surface area (Å²) in [5, 5.41) is 0.249. The highest BCUT2D eigenvalue weighted by Crippen LogP contribution is 2.41. The van der Waals surface area contributed by atoms with Crippen molar-refractivity contribution in [2.24, 2.45) is 5.41 Å². The lowest BCUT2D eigenvalue weighted by atomic mass is 9.91. The molecule has 1 amide bonds. The van der Waals surface area contributed by atoms with Crippen LogP contribution in [0.15, 0.2) is 12.1 Å². The monoisotopic (exact) mass is 283 g/mol. The first-order valence-electron chi connectivity index (χ1n) is 6.34. The van der Waals surface area contributed by atoms with E-state index in [-0.39, 0.29) is 10.8 Å². The minimum Gasteiger partial charge on any atom is -0.325 e. The van der Waals surface area contributed by atoms with Crippen LogP contribution >= 0.6 is 23.1 Å². The molecular weight excluding hydrogens is 262 g/mol. The van der Waals surface area contributed by atoms with Crippen molar-refractivity contribution in [1.29, 1.82) is 0 Å². The smallest absolute Gasteiger partial charge is 0.224 e. The highest BCUT2D eigenvalue weighted by Gasteiger charge is 2.32. The molecule has 0 unspecified atom stereocenters. The first kappa shape index (κ1) is 13.9. The van der Waals surface area contributed by atoms with E-state index in [9.17, 15) is 4.79 Å². The molecule has 0 spiro atoms. The molecule has 0 bridgehead atoms. The van der Waals surface area contributed by atoms with Crippen molar-refractivity contribution < 1.29 is 4.79 Å². The molecule has 2 nitrogen and oxygen atoms in total. The second kappa shape index (κ2) is 5.25. The molecule has 100 valence electrons. The summed E-state index contributed by atoms with van der Waals surface area (Å²) in [5.74, 6) is 1.35. The molecule has 1 aliphatic rings. The van der Waals surface area contributed by atoms with Crippen LogP contribution in [-0.2, 0) is 4.79 Å². The van der Waals surface area contributed by atoms with Crippen LogP contribution in [0.1, 0.15) is 42.3 Å². The van der Waals surface area contributed by atoms with Gasteiger partial charge in [0.15, 0.2) is 0 Å². The zero-order chi connectivity index (χ0) is 13.3. The average Bonchev–Trinajstić information content (AvgIpc) is 2.81. The minimum absolute atomic E-state index is 0.0697. The lowest BCUT2D eigenvalue weighted by Gasteiger charge is -2.26. The Labute approximate surface area is 118 Å². The number of thioether (sulfide) groups is 1. The van der Waals surface area contributed by atoms with E-state index in [2.05, 4.69) is 44.7 Å². The van der Waals surface area contributed by atoms with Gasteiger partial charge < -0.3 is 4.90 Å². The Bertz CT molecular complexity index is 433. The number of aryl methyl sites for hydroxylation is 1. The molecule has 1 fully saturated rings. The lowest BCUT2D eigenvalue weighted by molar-refractivity contribution is -0.133. The Morgan fingerprint density at radius 3 is 2.72 bits per heavy atom. The highest BCUT2D eigenvalue weighted by atomic mass is 32.2. The van der Waals surface area contributed by atoms with Gasteiger partial charge in [0.1, 0.15) is 5.37 Å². The van der Waals surface area contributed by atoms with Crippen LogP contribution in [0.25, 0.3) is 0 Å². The predicted octanol–water partition coefficient (Wildman–Crippen LogP) is 4.07. The number of hydrogen-bond acceptors (Lipinski definition) is 3. The van der Waals surface area contributed by atoms with Crippen LogP contribution in [0.3, 0.4) is 0 Å². The second-order valence-electron chi connectivity index (χ2n) is 6.00. The zero-order valence-corrected chi connectivity index (χ0v) is 13.2. The second-order valence-corrected chi connectivity index (χ2v) is 8.50. The van der Waals surface area contributed by atoms with E-state index in [1.54, 1.807) is 0 Å². The summed E-state index contributed by atoms with van der Waals surface area (Å²) < 4.78 is 0.